The number of rotatable bonds is 5. The third-order valence-electron chi connectivity index (χ3n) is 5.71. The Morgan fingerprint density at radius 2 is 1.62 bits per heavy atom. The molecular weight excluding hydrogens is 406 g/mol. The molecule has 0 saturated carbocycles. The molecule has 3 aromatic rings. The summed E-state index contributed by atoms with van der Waals surface area (Å²) in [4.78, 5) is 34.4. The van der Waals surface area contributed by atoms with Crippen LogP contribution in [0, 0.1) is 0 Å². The first kappa shape index (κ1) is 21.5. The molecule has 0 radical (unpaired) electrons. The predicted octanol–water partition coefficient (Wildman–Crippen LogP) is 2.83. The van der Waals surface area contributed by atoms with Gasteiger partial charge in [0.1, 0.15) is 5.75 Å². The highest BCUT2D eigenvalue weighted by atomic mass is 16.5. The van der Waals surface area contributed by atoms with Crippen molar-refractivity contribution in [3.05, 3.63) is 71.7 Å². The molecule has 32 heavy (non-hydrogen) atoms. The van der Waals surface area contributed by atoms with Gasteiger partial charge in [0.2, 0.25) is 0 Å². The lowest BCUT2D eigenvalue weighted by Gasteiger charge is -2.23. The second kappa shape index (κ2) is 9.64. The molecule has 2 aromatic heterocycles. The lowest BCUT2D eigenvalue weighted by Crippen LogP contribution is -2.37. The number of benzene rings is 1. The minimum Gasteiger partial charge on any atom is -0.496 e. The lowest BCUT2D eigenvalue weighted by atomic mass is 10.1. The van der Waals surface area contributed by atoms with E-state index in [2.05, 4.69) is 10.1 Å². The van der Waals surface area contributed by atoms with Crippen LogP contribution in [0.5, 0.6) is 5.75 Å². The molecule has 0 spiro atoms. The van der Waals surface area contributed by atoms with Gasteiger partial charge in [-0.15, -0.1) is 0 Å². The Morgan fingerprint density at radius 3 is 2.28 bits per heavy atom. The maximum absolute atomic E-state index is 13.4. The van der Waals surface area contributed by atoms with Crippen molar-refractivity contribution in [2.24, 2.45) is 0 Å². The van der Waals surface area contributed by atoms with E-state index >= 15 is 0 Å². The Balaban J connectivity index is 1.50. The Hall–Kier alpha value is -3.68. The summed E-state index contributed by atoms with van der Waals surface area (Å²) in [6.07, 6.45) is 4.70. The number of carbonyl (C=O) groups is 2. The quantitative estimate of drug-likeness (QED) is 0.618. The van der Waals surface area contributed by atoms with Gasteiger partial charge in [0.25, 0.3) is 11.8 Å². The van der Waals surface area contributed by atoms with Crippen molar-refractivity contribution < 1.29 is 14.3 Å². The molecule has 0 atom stereocenters. The molecule has 1 aliphatic rings. The molecule has 3 heterocycles. The summed E-state index contributed by atoms with van der Waals surface area (Å²) in [5.41, 5.74) is 1.96. The highest BCUT2D eigenvalue weighted by Crippen LogP contribution is 2.21. The number of para-hydroxylation sites is 1. The average Bonchev–Trinajstić information content (AvgIpc) is 3.13. The van der Waals surface area contributed by atoms with Crippen LogP contribution in [-0.2, 0) is 6.42 Å². The first-order valence-electron chi connectivity index (χ1n) is 10.8. The van der Waals surface area contributed by atoms with Gasteiger partial charge in [0, 0.05) is 32.4 Å². The number of pyridine rings is 1. The average molecular weight is 434 g/mol. The molecule has 8 nitrogen and oxygen atoms in total. The monoisotopic (exact) mass is 433 g/mol. The number of amides is 2. The topological polar surface area (TPSA) is 80.6 Å². The van der Waals surface area contributed by atoms with E-state index in [4.69, 9.17) is 4.74 Å². The molecule has 2 amide bonds. The number of hydrogen-bond donors (Lipinski definition) is 0. The van der Waals surface area contributed by atoms with E-state index in [-0.39, 0.29) is 11.8 Å². The number of hydrogen-bond acceptors (Lipinski definition) is 5. The number of carbonyl (C=O) groups excluding carboxylic acids is 2. The zero-order valence-electron chi connectivity index (χ0n) is 18.4. The summed E-state index contributed by atoms with van der Waals surface area (Å²) < 4.78 is 7.07. The molecule has 8 heteroatoms. The molecule has 4 rings (SSSR count). The molecule has 1 aromatic carbocycles. The summed E-state index contributed by atoms with van der Waals surface area (Å²) in [7, 11) is 1.56. The normalized spacial score (nSPS) is 14.2. The van der Waals surface area contributed by atoms with Gasteiger partial charge in [-0.05, 0) is 37.1 Å². The fourth-order valence-electron chi connectivity index (χ4n) is 4.05. The number of nitrogens with zero attached hydrogens (tertiary/aromatic N) is 5. The van der Waals surface area contributed by atoms with Crippen LogP contribution in [0.15, 0.2) is 54.9 Å². The van der Waals surface area contributed by atoms with Gasteiger partial charge >= 0.3 is 0 Å². The molecule has 1 fully saturated rings. The SMILES string of the molecule is CCc1c(C(=O)N2CCCN(C(=O)c3ccccc3OC)CC2)cnn1-c1ccccn1. The molecule has 166 valence electrons. The van der Waals surface area contributed by atoms with Crippen molar-refractivity contribution in [1.29, 1.82) is 0 Å². The van der Waals surface area contributed by atoms with E-state index in [0.29, 0.717) is 61.7 Å². The zero-order chi connectivity index (χ0) is 22.5. The summed E-state index contributed by atoms with van der Waals surface area (Å²) in [6.45, 7) is 4.13. The minimum absolute atomic E-state index is 0.0596. The highest BCUT2D eigenvalue weighted by Gasteiger charge is 2.27. The molecule has 1 saturated heterocycles. The van der Waals surface area contributed by atoms with Gasteiger partial charge in [-0.1, -0.05) is 25.1 Å². The van der Waals surface area contributed by atoms with Crippen LogP contribution in [0.1, 0.15) is 39.8 Å². The van der Waals surface area contributed by atoms with Crippen molar-refractivity contribution in [3.8, 4) is 11.6 Å². The number of methoxy groups -OCH3 is 1. The second-order valence-corrected chi connectivity index (χ2v) is 7.60. The van der Waals surface area contributed by atoms with Crippen molar-refractivity contribution in [2.75, 3.05) is 33.3 Å². The Morgan fingerprint density at radius 1 is 0.938 bits per heavy atom. The van der Waals surface area contributed by atoms with Gasteiger partial charge < -0.3 is 14.5 Å². The van der Waals surface area contributed by atoms with Crippen LogP contribution in [0.4, 0.5) is 0 Å². The van der Waals surface area contributed by atoms with Gasteiger partial charge in [0.05, 0.1) is 30.1 Å². The van der Waals surface area contributed by atoms with E-state index in [1.54, 1.807) is 41.2 Å². The Labute approximate surface area is 187 Å². The highest BCUT2D eigenvalue weighted by molar-refractivity contribution is 5.97. The third-order valence-corrected chi connectivity index (χ3v) is 5.71. The van der Waals surface area contributed by atoms with E-state index in [1.807, 2.05) is 42.2 Å². The maximum atomic E-state index is 13.4. The van der Waals surface area contributed by atoms with Crippen LogP contribution >= 0.6 is 0 Å². The van der Waals surface area contributed by atoms with Gasteiger partial charge in [-0.25, -0.2) is 9.67 Å². The molecule has 1 aliphatic heterocycles. The summed E-state index contributed by atoms with van der Waals surface area (Å²) in [5.74, 6) is 1.11. The first-order chi connectivity index (χ1) is 15.6. The Kier molecular flexibility index (Phi) is 6.49. The van der Waals surface area contributed by atoms with Gasteiger partial charge in [-0.3, -0.25) is 9.59 Å². The summed E-state index contributed by atoms with van der Waals surface area (Å²) in [6, 6.07) is 12.8. The molecular formula is C24H27N5O3. The van der Waals surface area contributed by atoms with Crippen LogP contribution in [0.2, 0.25) is 0 Å². The van der Waals surface area contributed by atoms with Crippen LogP contribution in [0.25, 0.3) is 5.82 Å². The van der Waals surface area contributed by atoms with Crippen molar-refractivity contribution in [2.45, 2.75) is 19.8 Å². The predicted molar refractivity (Wildman–Crippen MR) is 120 cm³/mol. The third kappa shape index (κ3) is 4.21. The van der Waals surface area contributed by atoms with E-state index < -0.39 is 0 Å². The van der Waals surface area contributed by atoms with Crippen LogP contribution < -0.4 is 4.74 Å². The van der Waals surface area contributed by atoms with Crippen molar-refractivity contribution >= 4 is 11.8 Å². The summed E-state index contributed by atoms with van der Waals surface area (Å²) >= 11 is 0. The van der Waals surface area contributed by atoms with Gasteiger partial charge in [-0.2, -0.15) is 5.10 Å². The Bertz CT molecular complexity index is 1100. The van der Waals surface area contributed by atoms with E-state index in [9.17, 15) is 9.59 Å². The van der Waals surface area contributed by atoms with Crippen molar-refractivity contribution in [3.63, 3.8) is 0 Å². The molecule has 0 aliphatic carbocycles. The second-order valence-electron chi connectivity index (χ2n) is 7.60. The first-order valence-corrected chi connectivity index (χ1v) is 10.8. The lowest BCUT2D eigenvalue weighted by molar-refractivity contribution is 0.0716. The van der Waals surface area contributed by atoms with E-state index in [0.717, 1.165) is 5.69 Å². The fraction of sp³-hybridized carbons (Fsp3) is 0.333. The minimum atomic E-state index is -0.0750. The fourth-order valence-corrected chi connectivity index (χ4v) is 4.05. The summed E-state index contributed by atoms with van der Waals surface area (Å²) in [5, 5.41) is 4.43. The van der Waals surface area contributed by atoms with Crippen molar-refractivity contribution in [1.82, 2.24) is 24.6 Å². The van der Waals surface area contributed by atoms with Crippen LogP contribution in [0.3, 0.4) is 0 Å². The zero-order valence-corrected chi connectivity index (χ0v) is 18.4. The largest absolute Gasteiger partial charge is 0.496 e. The smallest absolute Gasteiger partial charge is 0.257 e. The molecule has 0 N–H and O–H groups in total. The van der Waals surface area contributed by atoms with E-state index in [1.165, 1.54) is 0 Å². The van der Waals surface area contributed by atoms with Gasteiger partial charge in [0.15, 0.2) is 5.82 Å². The number of aromatic nitrogens is 3. The molecule has 0 bridgehead atoms. The maximum Gasteiger partial charge on any atom is 0.257 e. The van der Waals surface area contributed by atoms with Crippen LogP contribution in [-0.4, -0.2) is 69.7 Å². The molecule has 0 unspecified atom stereocenters. The standard InChI is InChI=1S/C24H27N5O3/c1-3-20-19(17-26-29(20)22-11-6-7-12-25-22)24(31)28-14-8-13-27(15-16-28)23(30)18-9-4-5-10-21(18)32-2/h4-7,9-12,17H,3,8,13-16H2,1-2H3. The number of ether oxygens (including phenoxy) is 1.